The highest BCUT2D eigenvalue weighted by molar-refractivity contribution is 5.58. The number of hydrogen-bond acceptors (Lipinski definition) is 3. The third-order valence-electron chi connectivity index (χ3n) is 3.01. The maximum atomic E-state index is 9.07. The summed E-state index contributed by atoms with van der Waals surface area (Å²) in [5, 5.41) is 12.4. The normalized spacial score (nSPS) is 10.1. The van der Waals surface area contributed by atoms with Crippen LogP contribution < -0.4 is 5.32 Å². The number of nitrogens with one attached hydrogen (secondary N) is 1. The zero-order valence-electron chi connectivity index (χ0n) is 11.1. The topological polar surface area (TPSA) is 53.6 Å². The number of unbranched alkanes of at least 4 members (excludes halogenated alkanes) is 1. The Balaban J connectivity index is 1.75. The monoisotopic (exact) mass is 254 g/mol. The van der Waals surface area contributed by atoms with Crippen molar-refractivity contribution in [3.05, 3.63) is 48.0 Å². The molecule has 0 bridgehead atoms. The van der Waals surface area contributed by atoms with E-state index in [0.717, 1.165) is 42.7 Å². The minimum atomic E-state index is 0.717. The molecule has 0 atom stereocenters. The van der Waals surface area contributed by atoms with Crippen LogP contribution in [-0.2, 0) is 6.54 Å². The number of hydrogen-bond donors (Lipinski definition) is 1. The largest absolute Gasteiger partial charge is 0.384 e. The van der Waals surface area contributed by atoms with Gasteiger partial charge in [-0.25, -0.2) is 4.98 Å². The van der Waals surface area contributed by atoms with E-state index in [2.05, 4.69) is 20.9 Å². The maximum absolute atomic E-state index is 9.07. The van der Waals surface area contributed by atoms with E-state index in [-0.39, 0.29) is 0 Å². The van der Waals surface area contributed by atoms with Crippen LogP contribution in [-0.4, -0.2) is 16.1 Å². The molecule has 0 unspecified atom stereocenters. The van der Waals surface area contributed by atoms with Crippen LogP contribution in [0.5, 0.6) is 0 Å². The zero-order valence-corrected chi connectivity index (χ0v) is 11.1. The molecule has 98 valence electrons. The molecule has 0 aliphatic carbocycles. The van der Waals surface area contributed by atoms with Crippen molar-refractivity contribution in [2.45, 2.75) is 26.3 Å². The molecule has 4 nitrogen and oxygen atoms in total. The first kappa shape index (κ1) is 13.2. The molecule has 19 heavy (non-hydrogen) atoms. The maximum Gasteiger partial charge on any atom is 0.101 e. The number of imidazole rings is 1. The van der Waals surface area contributed by atoms with Gasteiger partial charge >= 0.3 is 0 Å². The predicted octanol–water partition coefficient (Wildman–Crippen LogP) is 2.96. The molecule has 0 amide bonds. The number of nitriles is 1. The van der Waals surface area contributed by atoms with Crippen molar-refractivity contribution in [2.75, 3.05) is 11.9 Å². The standard InChI is InChI=1S/C15H18N4/c1-13-4-5-15(14(10-13)11-16)18-6-2-3-8-19-9-7-17-12-19/h4-5,7,9-10,12,18H,2-3,6,8H2,1H3. The Morgan fingerprint density at radius 1 is 1.37 bits per heavy atom. The van der Waals surface area contributed by atoms with E-state index < -0.39 is 0 Å². The minimum Gasteiger partial charge on any atom is -0.384 e. The van der Waals surface area contributed by atoms with Crippen LogP contribution in [0.3, 0.4) is 0 Å². The van der Waals surface area contributed by atoms with Crippen molar-refractivity contribution in [1.82, 2.24) is 9.55 Å². The van der Waals surface area contributed by atoms with Gasteiger partial charge in [0.05, 0.1) is 17.6 Å². The number of nitrogens with zero attached hydrogens (tertiary/aromatic N) is 3. The third-order valence-corrected chi connectivity index (χ3v) is 3.01. The summed E-state index contributed by atoms with van der Waals surface area (Å²) >= 11 is 0. The number of benzene rings is 1. The van der Waals surface area contributed by atoms with Gasteiger partial charge in [-0.15, -0.1) is 0 Å². The Morgan fingerprint density at radius 3 is 3.00 bits per heavy atom. The van der Waals surface area contributed by atoms with Crippen molar-refractivity contribution in [3.8, 4) is 6.07 Å². The highest BCUT2D eigenvalue weighted by Gasteiger charge is 2.01. The Hall–Kier alpha value is -2.28. The molecular weight excluding hydrogens is 236 g/mol. The molecule has 1 aromatic heterocycles. The summed E-state index contributed by atoms with van der Waals surface area (Å²) in [5.41, 5.74) is 2.76. The van der Waals surface area contributed by atoms with Crippen LogP contribution in [0.4, 0.5) is 5.69 Å². The molecule has 0 saturated carbocycles. The molecule has 0 aliphatic rings. The summed E-state index contributed by atoms with van der Waals surface area (Å²) in [6.07, 6.45) is 7.76. The quantitative estimate of drug-likeness (QED) is 0.806. The Morgan fingerprint density at radius 2 is 2.26 bits per heavy atom. The first-order chi connectivity index (χ1) is 9.29. The van der Waals surface area contributed by atoms with E-state index in [1.165, 1.54) is 0 Å². The molecule has 0 aliphatic heterocycles. The summed E-state index contributed by atoms with van der Waals surface area (Å²) in [7, 11) is 0. The third kappa shape index (κ3) is 3.85. The fourth-order valence-electron chi connectivity index (χ4n) is 1.97. The van der Waals surface area contributed by atoms with Gasteiger partial charge in [-0.3, -0.25) is 0 Å². The molecule has 4 heteroatoms. The molecule has 2 aromatic rings. The lowest BCUT2D eigenvalue weighted by molar-refractivity contribution is 0.621. The van der Waals surface area contributed by atoms with Gasteiger partial charge in [0.15, 0.2) is 0 Å². The lowest BCUT2D eigenvalue weighted by Crippen LogP contribution is -2.05. The molecule has 1 aromatic carbocycles. The lowest BCUT2D eigenvalue weighted by atomic mass is 10.1. The number of anilines is 1. The molecule has 1 heterocycles. The van der Waals surface area contributed by atoms with E-state index in [1.807, 2.05) is 37.6 Å². The first-order valence-corrected chi connectivity index (χ1v) is 6.50. The number of aryl methyl sites for hydroxylation is 2. The van der Waals surface area contributed by atoms with E-state index in [9.17, 15) is 0 Å². The lowest BCUT2D eigenvalue weighted by Gasteiger charge is -2.09. The van der Waals surface area contributed by atoms with Crippen molar-refractivity contribution in [2.24, 2.45) is 0 Å². The Bertz CT molecular complexity index is 552. The summed E-state index contributed by atoms with van der Waals surface area (Å²) in [5.74, 6) is 0. The summed E-state index contributed by atoms with van der Waals surface area (Å²) in [6.45, 7) is 3.86. The fourth-order valence-corrected chi connectivity index (χ4v) is 1.97. The van der Waals surface area contributed by atoms with Crippen molar-refractivity contribution >= 4 is 5.69 Å². The average molecular weight is 254 g/mol. The van der Waals surface area contributed by atoms with Crippen LogP contribution >= 0.6 is 0 Å². The van der Waals surface area contributed by atoms with Gasteiger partial charge in [0.1, 0.15) is 6.07 Å². The fraction of sp³-hybridized carbons (Fsp3) is 0.333. The van der Waals surface area contributed by atoms with E-state index in [4.69, 9.17) is 5.26 Å². The van der Waals surface area contributed by atoms with Gasteiger partial charge in [0, 0.05) is 25.5 Å². The van der Waals surface area contributed by atoms with Crippen molar-refractivity contribution in [3.63, 3.8) is 0 Å². The van der Waals surface area contributed by atoms with Gasteiger partial charge in [0.25, 0.3) is 0 Å². The number of rotatable bonds is 6. The highest BCUT2D eigenvalue weighted by atomic mass is 15.0. The smallest absolute Gasteiger partial charge is 0.101 e. The Labute approximate surface area is 113 Å². The highest BCUT2D eigenvalue weighted by Crippen LogP contribution is 2.16. The first-order valence-electron chi connectivity index (χ1n) is 6.50. The molecule has 2 rings (SSSR count). The van der Waals surface area contributed by atoms with E-state index >= 15 is 0 Å². The van der Waals surface area contributed by atoms with Gasteiger partial charge in [0.2, 0.25) is 0 Å². The van der Waals surface area contributed by atoms with Crippen molar-refractivity contribution < 1.29 is 0 Å². The molecular formula is C15H18N4. The van der Waals surface area contributed by atoms with E-state index in [1.54, 1.807) is 6.20 Å². The van der Waals surface area contributed by atoms with Gasteiger partial charge in [-0.1, -0.05) is 6.07 Å². The van der Waals surface area contributed by atoms with E-state index in [0.29, 0.717) is 0 Å². The average Bonchev–Trinajstić information content (AvgIpc) is 2.93. The van der Waals surface area contributed by atoms with Crippen LogP contribution in [0, 0.1) is 18.3 Å². The molecule has 0 radical (unpaired) electrons. The number of aromatic nitrogens is 2. The second-order valence-electron chi connectivity index (χ2n) is 4.60. The SMILES string of the molecule is Cc1ccc(NCCCCn2ccnc2)c(C#N)c1. The van der Waals surface area contributed by atoms with Crippen LogP contribution in [0.25, 0.3) is 0 Å². The molecule has 1 N–H and O–H groups in total. The van der Waals surface area contributed by atoms with Gasteiger partial charge < -0.3 is 9.88 Å². The summed E-state index contributed by atoms with van der Waals surface area (Å²) in [4.78, 5) is 4.01. The zero-order chi connectivity index (χ0) is 13.5. The van der Waals surface area contributed by atoms with Crippen LogP contribution in [0.15, 0.2) is 36.9 Å². The van der Waals surface area contributed by atoms with Gasteiger partial charge in [-0.2, -0.15) is 5.26 Å². The second-order valence-corrected chi connectivity index (χ2v) is 4.60. The predicted molar refractivity (Wildman–Crippen MR) is 75.8 cm³/mol. The van der Waals surface area contributed by atoms with Crippen LogP contribution in [0.2, 0.25) is 0 Å². The molecule has 0 saturated heterocycles. The molecule has 0 fully saturated rings. The van der Waals surface area contributed by atoms with Crippen molar-refractivity contribution in [1.29, 1.82) is 5.26 Å². The summed E-state index contributed by atoms with van der Waals surface area (Å²) in [6, 6.07) is 8.13. The second kappa shape index (κ2) is 6.60. The molecule has 0 spiro atoms. The van der Waals surface area contributed by atoms with Gasteiger partial charge in [-0.05, 0) is 37.5 Å². The summed E-state index contributed by atoms with van der Waals surface area (Å²) < 4.78 is 2.08. The Kier molecular flexibility index (Phi) is 4.57. The van der Waals surface area contributed by atoms with Crippen LogP contribution in [0.1, 0.15) is 24.0 Å². The minimum absolute atomic E-state index is 0.717.